The molecule has 158 valence electrons. The van der Waals surface area contributed by atoms with Crippen LogP contribution in [0.3, 0.4) is 0 Å². The molecule has 1 heterocycles. The zero-order valence-electron chi connectivity index (χ0n) is 16.2. The van der Waals surface area contributed by atoms with E-state index < -0.39 is 37.0 Å². The highest BCUT2D eigenvalue weighted by Crippen LogP contribution is 2.23. The molecule has 0 aliphatic carbocycles. The SMILES string of the molecule is Cc1cc(C(=O)COC(=O)c2ccc(NC(=O)CC#N)cc2)c(C)n1CC(F)(F)F. The molecule has 30 heavy (non-hydrogen) atoms. The third-order valence-corrected chi connectivity index (χ3v) is 4.19. The van der Waals surface area contributed by atoms with Gasteiger partial charge >= 0.3 is 12.1 Å². The zero-order valence-corrected chi connectivity index (χ0v) is 16.2. The lowest BCUT2D eigenvalue weighted by Gasteiger charge is -2.12. The van der Waals surface area contributed by atoms with Gasteiger partial charge in [-0.1, -0.05) is 0 Å². The van der Waals surface area contributed by atoms with Crippen LogP contribution in [0.25, 0.3) is 0 Å². The summed E-state index contributed by atoms with van der Waals surface area (Å²) in [5, 5.41) is 10.9. The van der Waals surface area contributed by atoms with Gasteiger partial charge in [-0.25, -0.2) is 4.79 Å². The molecule has 0 aliphatic rings. The average Bonchev–Trinajstić information content (AvgIpc) is 2.93. The Morgan fingerprint density at radius 2 is 1.80 bits per heavy atom. The maximum absolute atomic E-state index is 12.7. The zero-order chi connectivity index (χ0) is 22.5. The van der Waals surface area contributed by atoms with E-state index in [4.69, 9.17) is 10.00 Å². The number of amides is 1. The number of esters is 1. The summed E-state index contributed by atoms with van der Waals surface area (Å²) in [5.41, 5.74) is 0.959. The highest BCUT2D eigenvalue weighted by atomic mass is 19.4. The maximum atomic E-state index is 12.7. The lowest BCUT2D eigenvalue weighted by molar-refractivity contribution is -0.141. The smallest absolute Gasteiger partial charge is 0.406 e. The fraction of sp³-hybridized carbons (Fsp3) is 0.300. The van der Waals surface area contributed by atoms with Gasteiger partial charge in [0.2, 0.25) is 11.7 Å². The Hall–Kier alpha value is -3.61. The number of anilines is 1. The Morgan fingerprint density at radius 1 is 1.17 bits per heavy atom. The van der Waals surface area contributed by atoms with Crippen molar-refractivity contribution in [2.75, 3.05) is 11.9 Å². The number of carbonyl (C=O) groups is 3. The van der Waals surface area contributed by atoms with Crippen LogP contribution < -0.4 is 5.32 Å². The van der Waals surface area contributed by atoms with Crippen molar-refractivity contribution in [2.24, 2.45) is 0 Å². The van der Waals surface area contributed by atoms with Crippen LogP contribution in [0.5, 0.6) is 0 Å². The topological polar surface area (TPSA) is 101 Å². The molecule has 2 aromatic rings. The quantitative estimate of drug-likeness (QED) is 0.544. The summed E-state index contributed by atoms with van der Waals surface area (Å²) in [6, 6.07) is 8.62. The molecule has 1 N–H and O–H groups in total. The Kier molecular flexibility index (Phi) is 7.00. The normalized spacial score (nSPS) is 10.9. The number of nitriles is 1. The molecular weight excluding hydrogens is 403 g/mol. The van der Waals surface area contributed by atoms with E-state index in [0.717, 1.165) is 4.57 Å². The molecular formula is C20H18F3N3O4. The first-order chi connectivity index (χ1) is 14.0. The lowest BCUT2D eigenvalue weighted by Crippen LogP contribution is -2.20. The fourth-order valence-corrected chi connectivity index (χ4v) is 2.76. The van der Waals surface area contributed by atoms with E-state index in [1.54, 1.807) is 6.07 Å². The van der Waals surface area contributed by atoms with Crippen molar-refractivity contribution in [1.29, 1.82) is 5.26 Å². The van der Waals surface area contributed by atoms with E-state index in [1.165, 1.54) is 44.2 Å². The third-order valence-electron chi connectivity index (χ3n) is 4.19. The van der Waals surface area contributed by atoms with Gasteiger partial charge in [0, 0.05) is 22.6 Å². The molecule has 0 atom stereocenters. The molecule has 0 unspecified atom stereocenters. The number of ketones is 1. The van der Waals surface area contributed by atoms with Gasteiger partial charge in [-0.2, -0.15) is 18.4 Å². The van der Waals surface area contributed by atoms with E-state index in [0.29, 0.717) is 5.69 Å². The van der Waals surface area contributed by atoms with Gasteiger partial charge in [-0.15, -0.1) is 0 Å². The molecule has 7 nitrogen and oxygen atoms in total. The first-order valence-corrected chi connectivity index (χ1v) is 8.72. The molecule has 0 bridgehead atoms. The summed E-state index contributed by atoms with van der Waals surface area (Å²) in [5.74, 6) is -1.92. The van der Waals surface area contributed by atoms with Gasteiger partial charge < -0.3 is 14.6 Å². The number of hydrogen-bond donors (Lipinski definition) is 1. The fourth-order valence-electron chi connectivity index (χ4n) is 2.76. The van der Waals surface area contributed by atoms with E-state index in [1.807, 2.05) is 0 Å². The van der Waals surface area contributed by atoms with E-state index in [-0.39, 0.29) is 28.9 Å². The second-order valence-electron chi connectivity index (χ2n) is 6.45. The predicted molar refractivity (Wildman–Crippen MR) is 99.9 cm³/mol. The summed E-state index contributed by atoms with van der Waals surface area (Å²) >= 11 is 0. The first kappa shape index (κ1) is 22.7. The number of hydrogen-bond acceptors (Lipinski definition) is 5. The minimum Gasteiger partial charge on any atom is -0.454 e. The second-order valence-corrected chi connectivity index (χ2v) is 6.45. The Morgan fingerprint density at radius 3 is 2.37 bits per heavy atom. The van der Waals surface area contributed by atoms with Crippen molar-refractivity contribution < 1.29 is 32.3 Å². The largest absolute Gasteiger partial charge is 0.454 e. The number of benzene rings is 1. The molecule has 0 saturated heterocycles. The lowest BCUT2D eigenvalue weighted by atomic mass is 10.1. The number of Topliss-reactive ketones (excluding diaryl/α,β-unsaturated/α-hetero) is 1. The van der Waals surface area contributed by atoms with Crippen LogP contribution in [0.1, 0.15) is 38.5 Å². The average molecular weight is 421 g/mol. The van der Waals surface area contributed by atoms with Gasteiger partial charge in [0.25, 0.3) is 0 Å². The number of nitrogens with one attached hydrogen (secondary N) is 1. The summed E-state index contributed by atoms with van der Waals surface area (Å²) in [6.07, 6.45) is -4.74. The summed E-state index contributed by atoms with van der Waals surface area (Å²) in [4.78, 5) is 35.8. The van der Waals surface area contributed by atoms with Gasteiger partial charge in [-0.05, 0) is 44.2 Å². The number of carbonyl (C=O) groups excluding carboxylic acids is 3. The molecule has 0 fully saturated rings. The van der Waals surface area contributed by atoms with Gasteiger partial charge in [0.05, 0.1) is 11.6 Å². The number of alkyl halides is 3. The van der Waals surface area contributed by atoms with Gasteiger partial charge in [-0.3, -0.25) is 9.59 Å². The standard InChI is InChI=1S/C20H18F3N3O4/c1-12-9-16(13(2)26(12)11-20(21,22)23)17(27)10-30-19(29)14-3-5-15(6-4-14)25-18(28)7-8-24/h3-6,9H,7,10-11H2,1-2H3,(H,25,28). The van der Waals surface area contributed by atoms with Crippen LogP contribution in [0, 0.1) is 25.2 Å². The van der Waals surface area contributed by atoms with Crippen molar-refractivity contribution in [1.82, 2.24) is 4.57 Å². The highest BCUT2D eigenvalue weighted by Gasteiger charge is 2.30. The molecule has 10 heteroatoms. The maximum Gasteiger partial charge on any atom is 0.406 e. The van der Waals surface area contributed by atoms with Crippen molar-refractivity contribution in [3.8, 4) is 6.07 Å². The molecule has 1 amide bonds. The summed E-state index contributed by atoms with van der Waals surface area (Å²) < 4.78 is 44.0. The first-order valence-electron chi connectivity index (χ1n) is 8.72. The minimum absolute atomic E-state index is 0.0557. The molecule has 0 aliphatic heterocycles. The predicted octanol–water partition coefficient (Wildman–Crippen LogP) is 3.56. The monoisotopic (exact) mass is 421 g/mol. The van der Waals surface area contributed by atoms with E-state index in [9.17, 15) is 27.6 Å². The van der Waals surface area contributed by atoms with Gasteiger partial charge in [0.15, 0.2) is 6.61 Å². The summed E-state index contributed by atoms with van der Waals surface area (Å²) in [7, 11) is 0. The number of ether oxygens (including phenoxy) is 1. The molecule has 0 radical (unpaired) electrons. The Balaban J connectivity index is 2.00. The number of nitrogens with zero attached hydrogens (tertiary/aromatic N) is 2. The second kappa shape index (κ2) is 9.26. The minimum atomic E-state index is -4.43. The molecule has 1 aromatic carbocycles. The molecule has 0 spiro atoms. The third kappa shape index (κ3) is 5.94. The highest BCUT2D eigenvalue weighted by molar-refractivity contribution is 6.00. The van der Waals surface area contributed by atoms with Crippen molar-refractivity contribution >= 4 is 23.3 Å². The van der Waals surface area contributed by atoms with Crippen LogP contribution in [0.2, 0.25) is 0 Å². The van der Waals surface area contributed by atoms with Crippen LogP contribution in [-0.4, -0.2) is 35.0 Å². The number of rotatable bonds is 7. The van der Waals surface area contributed by atoms with E-state index >= 15 is 0 Å². The van der Waals surface area contributed by atoms with Crippen molar-refractivity contribution in [3.63, 3.8) is 0 Å². The number of aryl methyl sites for hydroxylation is 1. The Bertz CT molecular complexity index is 1000. The van der Waals surface area contributed by atoms with Crippen LogP contribution in [0.15, 0.2) is 30.3 Å². The van der Waals surface area contributed by atoms with Gasteiger partial charge in [0.1, 0.15) is 13.0 Å². The van der Waals surface area contributed by atoms with Crippen LogP contribution in [0.4, 0.5) is 18.9 Å². The van der Waals surface area contributed by atoms with Crippen LogP contribution >= 0.6 is 0 Å². The van der Waals surface area contributed by atoms with Crippen molar-refractivity contribution in [3.05, 3.63) is 52.8 Å². The number of aromatic nitrogens is 1. The number of halogens is 3. The molecule has 0 saturated carbocycles. The van der Waals surface area contributed by atoms with E-state index in [2.05, 4.69) is 5.32 Å². The molecule has 2 rings (SSSR count). The molecule has 1 aromatic heterocycles. The van der Waals surface area contributed by atoms with Crippen molar-refractivity contribution in [2.45, 2.75) is 33.0 Å². The Labute approximate surface area is 170 Å². The summed E-state index contributed by atoms with van der Waals surface area (Å²) in [6.45, 7) is 1.01. The van der Waals surface area contributed by atoms with Crippen LogP contribution in [-0.2, 0) is 16.1 Å².